The third-order valence-corrected chi connectivity index (χ3v) is 2.67. The van der Waals surface area contributed by atoms with Gasteiger partial charge in [0.05, 0.1) is 6.61 Å². The minimum absolute atomic E-state index is 0.0238. The Morgan fingerprint density at radius 2 is 1.76 bits per heavy atom. The maximum absolute atomic E-state index is 11.3. The van der Waals surface area contributed by atoms with Gasteiger partial charge in [-0.2, -0.15) is 0 Å². The van der Waals surface area contributed by atoms with Crippen molar-refractivity contribution in [1.29, 1.82) is 0 Å². The molecule has 2 heteroatoms. The Morgan fingerprint density at radius 1 is 1.00 bits per heavy atom. The van der Waals surface area contributed by atoms with Gasteiger partial charge in [-0.05, 0) is 32.1 Å². The monoisotopic (exact) mass is 240 g/mol. The van der Waals surface area contributed by atoms with Crippen molar-refractivity contribution in [2.24, 2.45) is 0 Å². The lowest BCUT2D eigenvalue weighted by molar-refractivity contribution is -0.143. The summed E-state index contributed by atoms with van der Waals surface area (Å²) in [6.45, 7) is 4.85. The van der Waals surface area contributed by atoms with E-state index in [4.69, 9.17) is 4.74 Å². The number of hydrogen-bond acceptors (Lipinski definition) is 2. The highest BCUT2D eigenvalue weighted by Crippen LogP contribution is 2.07. The normalized spacial score (nSPS) is 10.9. The van der Waals surface area contributed by atoms with Crippen LogP contribution in [-0.2, 0) is 9.53 Å². The molecule has 0 aromatic carbocycles. The molecule has 2 nitrogen and oxygen atoms in total. The first kappa shape index (κ1) is 16.2. The summed E-state index contributed by atoms with van der Waals surface area (Å²) >= 11 is 0. The van der Waals surface area contributed by atoms with E-state index in [9.17, 15) is 4.79 Å². The third-order valence-electron chi connectivity index (χ3n) is 2.67. The SMILES string of the molecule is CC/C=C/CCCCCCC(=O)OCCCC. The second-order valence-corrected chi connectivity index (χ2v) is 4.41. The van der Waals surface area contributed by atoms with Gasteiger partial charge in [-0.25, -0.2) is 0 Å². The topological polar surface area (TPSA) is 26.3 Å². The number of allylic oxidation sites excluding steroid dienone is 2. The van der Waals surface area contributed by atoms with E-state index in [1.54, 1.807) is 0 Å². The number of unbranched alkanes of at least 4 members (excludes halogenated alkanes) is 5. The van der Waals surface area contributed by atoms with Crippen LogP contribution in [0.1, 0.15) is 71.6 Å². The van der Waals surface area contributed by atoms with Crippen molar-refractivity contribution < 1.29 is 9.53 Å². The van der Waals surface area contributed by atoms with Gasteiger partial charge in [0, 0.05) is 6.42 Å². The predicted molar refractivity (Wildman–Crippen MR) is 73.0 cm³/mol. The Labute approximate surface area is 106 Å². The highest BCUT2D eigenvalue weighted by atomic mass is 16.5. The first-order valence-corrected chi connectivity index (χ1v) is 7.11. The van der Waals surface area contributed by atoms with Gasteiger partial charge in [-0.1, -0.05) is 45.3 Å². The van der Waals surface area contributed by atoms with Crippen molar-refractivity contribution in [2.45, 2.75) is 71.6 Å². The molecule has 0 aromatic heterocycles. The molecule has 0 amide bonds. The molecular weight excluding hydrogens is 212 g/mol. The van der Waals surface area contributed by atoms with Crippen LogP contribution in [0.3, 0.4) is 0 Å². The van der Waals surface area contributed by atoms with Crippen LogP contribution >= 0.6 is 0 Å². The Balaban J connectivity index is 3.16. The minimum atomic E-state index is -0.0238. The summed E-state index contributed by atoms with van der Waals surface area (Å²) in [6, 6.07) is 0. The molecule has 100 valence electrons. The zero-order chi connectivity index (χ0) is 12.8. The van der Waals surface area contributed by atoms with Crippen LogP contribution < -0.4 is 0 Å². The quantitative estimate of drug-likeness (QED) is 0.299. The van der Waals surface area contributed by atoms with E-state index in [-0.39, 0.29) is 5.97 Å². The molecule has 0 N–H and O–H groups in total. The molecule has 0 heterocycles. The summed E-state index contributed by atoms with van der Waals surface area (Å²) in [6.07, 6.45) is 14.0. The van der Waals surface area contributed by atoms with Crippen molar-refractivity contribution in [3.8, 4) is 0 Å². The summed E-state index contributed by atoms with van der Waals surface area (Å²) in [5.74, 6) is -0.0238. The zero-order valence-corrected chi connectivity index (χ0v) is 11.5. The molecular formula is C15H28O2. The summed E-state index contributed by atoms with van der Waals surface area (Å²) in [5, 5.41) is 0. The standard InChI is InChI=1S/C15H28O2/c1-3-5-7-8-9-10-11-12-13-15(16)17-14-6-4-2/h5,7H,3-4,6,8-14H2,1-2H3/b7-5+. The predicted octanol–water partition coefficient (Wildman–Crippen LogP) is 4.64. The van der Waals surface area contributed by atoms with E-state index >= 15 is 0 Å². The maximum Gasteiger partial charge on any atom is 0.305 e. The molecule has 0 aliphatic rings. The fourth-order valence-electron chi connectivity index (χ4n) is 1.57. The van der Waals surface area contributed by atoms with Crippen molar-refractivity contribution in [1.82, 2.24) is 0 Å². The van der Waals surface area contributed by atoms with Gasteiger partial charge in [0.1, 0.15) is 0 Å². The van der Waals surface area contributed by atoms with E-state index in [1.165, 1.54) is 19.3 Å². The van der Waals surface area contributed by atoms with Crippen LogP contribution in [0.15, 0.2) is 12.2 Å². The number of carbonyl (C=O) groups excluding carboxylic acids is 1. The molecule has 0 unspecified atom stereocenters. The van der Waals surface area contributed by atoms with E-state index in [0.717, 1.165) is 32.1 Å². The average molecular weight is 240 g/mol. The lowest BCUT2D eigenvalue weighted by Crippen LogP contribution is -2.05. The first-order chi connectivity index (χ1) is 8.31. The van der Waals surface area contributed by atoms with E-state index in [1.807, 2.05) is 0 Å². The molecule has 0 atom stereocenters. The van der Waals surface area contributed by atoms with Crippen LogP contribution in [0.4, 0.5) is 0 Å². The molecule has 0 aromatic rings. The second-order valence-electron chi connectivity index (χ2n) is 4.41. The van der Waals surface area contributed by atoms with Gasteiger partial charge < -0.3 is 4.74 Å². The lowest BCUT2D eigenvalue weighted by atomic mass is 10.1. The number of rotatable bonds is 11. The van der Waals surface area contributed by atoms with Gasteiger partial charge in [0.15, 0.2) is 0 Å². The zero-order valence-electron chi connectivity index (χ0n) is 11.5. The van der Waals surface area contributed by atoms with Crippen LogP contribution in [0, 0.1) is 0 Å². The van der Waals surface area contributed by atoms with Crippen LogP contribution in [-0.4, -0.2) is 12.6 Å². The van der Waals surface area contributed by atoms with Gasteiger partial charge in [0.2, 0.25) is 0 Å². The van der Waals surface area contributed by atoms with E-state index < -0.39 is 0 Å². The second kappa shape index (κ2) is 13.3. The number of carbonyl (C=O) groups is 1. The van der Waals surface area contributed by atoms with Crippen LogP contribution in [0.5, 0.6) is 0 Å². The fraction of sp³-hybridized carbons (Fsp3) is 0.800. The summed E-state index contributed by atoms with van der Waals surface area (Å²) in [4.78, 5) is 11.3. The number of esters is 1. The molecule has 0 fully saturated rings. The molecule has 0 radical (unpaired) electrons. The highest BCUT2D eigenvalue weighted by Gasteiger charge is 2.01. The van der Waals surface area contributed by atoms with Crippen LogP contribution in [0.2, 0.25) is 0 Å². The molecule has 0 saturated carbocycles. The summed E-state index contributed by atoms with van der Waals surface area (Å²) in [5.41, 5.74) is 0. The Bertz CT molecular complexity index is 197. The third kappa shape index (κ3) is 13.1. The van der Waals surface area contributed by atoms with Gasteiger partial charge in [-0.3, -0.25) is 4.79 Å². The van der Waals surface area contributed by atoms with Crippen molar-refractivity contribution in [3.05, 3.63) is 12.2 Å². The molecule has 0 saturated heterocycles. The molecule has 0 aliphatic heterocycles. The first-order valence-electron chi connectivity index (χ1n) is 7.11. The molecule has 0 rings (SSSR count). The summed E-state index contributed by atoms with van der Waals surface area (Å²) < 4.78 is 5.09. The van der Waals surface area contributed by atoms with E-state index in [2.05, 4.69) is 26.0 Å². The van der Waals surface area contributed by atoms with Crippen molar-refractivity contribution in [3.63, 3.8) is 0 Å². The Hall–Kier alpha value is -0.790. The summed E-state index contributed by atoms with van der Waals surface area (Å²) in [7, 11) is 0. The fourth-order valence-corrected chi connectivity index (χ4v) is 1.57. The Morgan fingerprint density at radius 3 is 2.47 bits per heavy atom. The highest BCUT2D eigenvalue weighted by molar-refractivity contribution is 5.69. The molecule has 0 aliphatic carbocycles. The maximum atomic E-state index is 11.3. The number of hydrogen-bond donors (Lipinski definition) is 0. The smallest absolute Gasteiger partial charge is 0.305 e. The van der Waals surface area contributed by atoms with Gasteiger partial charge in [-0.15, -0.1) is 0 Å². The van der Waals surface area contributed by atoms with E-state index in [0.29, 0.717) is 13.0 Å². The van der Waals surface area contributed by atoms with Crippen molar-refractivity contribution >= 4 is 5.97 Å². The largest absolute Gasteiger partial charge is 0.466 e. The van der Waals surface area contributed by atoms with Crippen molar-refractivity contribution in [2.75, 3.05) is 6.61 Å². The minimum Gasteiger partial charge on any atom is -0.466 e. The lowest BCUT2D eigenvalue weighted by Gasteiger charge is -2.03. The molecule has 0 bridgehead atoms. The average Bonchev–Trinajstić information content (AvgIpc) is 2.33. The van der Waals surface area contributed by atoms with Gasteiger partial charge >= 0.3 is 5.97 Å². The van der Waals surface area contributed by atoms with Gasteiger partial charge in [0.25, 0.3) is 0 Å². The molecule has 0 spiro atoms. The Kier molecular flexibility index (Phi) is 12.7. The van der Waals surface area contributed by atoms with Crippen LogP contribution in [0.25, 0.3) is 0 Å². The number of ether oxygens (including phenoxy) is 1. The molecule has 17 heavy (non-hydrogen) atoms.